The van der Waals surface area contributed by atoms with Gasteiger partial charge < -0.3 is 14.7 Å². The fourth-order valence-corrected chi connectivity index (χ4v) is 3.19. The van der Waals surface area contributed by atoms with Crippen molar-refractivity contribution in [3.63, 3.8) is 0 Å². The molecule has 3 rings (SSSR count). The van der Waals surface area contributed by atoms with Gasteiger partial charge in [-0.1, -0.05) is 23.4 Å². The molecule has 0 bridgehead atoms. The molecule has 1 aliphatic rings. The fourth-order valence-electron chi connectivity index (χ4n) is 3.04. The maximum atomic E-state index is 14.5. The lowest BCUT2D eigenvalue weighted by molar-refractivity contribution is 0.0600. The maximum absolute atomic E-state index is 14.5. The normalized spacial score (nSPS) is 14.1. The van der Waals surface area contributed by atoms with Crippen LogP contribution in [-0.4, -0.2) is 47.3 Å². The molecule has 1 fully saturated rings. The Labute approximate surface area is 172 Å². The van der Waals surface area contributed by atoms with Crippen LogP contribution in [0, 0.1) is 23.6 Å². The zero-order valence-electron chi connectivity index (χ0n) is 15.6. The molecule has 0 radical (unpaired) electrons. The molecule has 1 aromatic carbocycles. The minimum atomic E-state index is -0.918. The molecule has 0 unspecified atom stereocenters. The second-order valence-corrected chi connectivity index (χ2v) is 6.96. The van der Waals surface area contributed by atoms with E-state index in [1.165, 1.54) is 30.3 Å². The average molecular weight is 417 g/mol. The Morgan fingerprint density at radius 2 is 2.03 bits per heavy atom. The highest BCUT2D eigenvalue weighted by atomic mass is 35.5. The van der Waals surface area contributed by atoms with Crippen LogP contribution in [0.3, 0.4) is 0 Å². The average Bonchev–Trinajstić information content (AvgIpc) is 2.73. The van der Waals surface area contributed by atoms with Crippen molar-refractivity contribution in [1.29, 1.82) is 0 Å². The number of esters is 1. The maximum Gasteiger partial charge on any atom is 0.407 e. The van der Waals surface area contributed by atoms with E-state index in [1.54, 1.807) is 6.07 Å². The molecule has 0 atom stereocenters. The van der Waals surface area contributed by atoms with Crippen LogP contribution < -0.4 is 0 Å². The third kappa shape index (κ3) is 4.84. The number of methoxy groups -OCH3 is 1. The summed E-state index contributed by atoms with van der Waals surface area (Å²) >= 11 is 6.19. The number of likely N-dealkylation sites (tertiary alicyclic amines) is 1. The SMILES string of the molecule is COC(=O)c1ccc(-c2cc(C#CC3CCN(C(=O)O)CC3)c(Cl)cn2)c(F)c1. The number of rotatable bonds is 2. The summed E-state index contributed by atoms with van der Waals surface area (Å²) in [7, 11) is 1.23. The van der Waals surface area contributed by atoms with E-state index in [-0.39, 0.29) is 17.0 Å². The van der Waals surface area contributed by atoms with E-state index in [0.29, 0.717) is 42.2 Å². The molecule has 2 aromatic rings. The molecule has 0 spiro atoms. The second-order valence-electron chi connectivity index (χ2n) is 6.55. The number of halogens is 2. The quantitative estimate of drug-likeness (QED) is 0.589. The molecule has 1 saturated heterocycles. The third-order valence-corrected chi connectivity index (χ3v) is 5.00. The molecule has 1 aromatic heterocycles. The lowest BCUT2D eigenvalue weighted by atomic mass is 9.97. The Hall–Kier alpha value is -3.11. The predicted molar refractivity (Wildman–Crippen MR) is 105 cm³/mol. The number of amides is 1. The molecule has 0 aliphatic carbocycles. The number of piperidine rings is 1. The van der Waals surface area contributed by atoms with Crippen LogP contribution in [-0.2, 0) is 4.74 Å². The van der Waals surface area contributed by atoms with Crippen molar-refractivity contribution in [2.24, 2.45) is 5.92 Å². The summed E-state index contributed by atoms with van der Waals surface area (Å²) in [4.78, 5) is 28.0. The van der Waals surface area contributed by atoms with Crippen LogP contribution in [0.15, 0.2) is 30.5 Å². The van der Waals surface area contributed by atoms with Gasteiger partial charge in [0, 0.05) is 36.3 Å². The zero-order chi connectivity index (χ0) is 21.0. The molecular formula is C21H18ClFN2O4. The van der Waals surface area contributed by atoms with Crippen molar-refractivity contribution >= 4 is 23.7 Å². The van der Waals surface area contributed by atoms with Crippen molar-refractivity contribution in [2.75, 3.05) is 20.2 Å². The lowest BCUT2D eigenvalue weighted by Crippen LogP contribution is -2.37. The molecular weight excluding hydrogens is 399 g/mol. The van der Waals surface area contributed by atoms with E-state index in [0.717, 1.165) is 6.07 Å². The second kappa shape index (κ2) is 8.93. The molecule has 1 aliphatic heterocycles. The van der Waals surface area contributed by atoms with Gasteiger partial charge in [0.05, 0.1) is 23.4 Å². The number of ether oxygens (including phenoxy) is 1. The lowest BCUT2D eigenvalue weighted by Gasteiger charge is -2.27. The van der Waals surface area contributed by atoms with Gasteiger partial charge in [-0.15, -0.1) is 0 Å². The van der Waals surface area contributed by atoms with Crippen molar-refractivity contribution in [3.8, 4) is 23.1 Å². The Balaban J connectivity index is 1.81. The Kier molecular flexibility index (Phi) is 6.35. The van der Waals surface area contributed by atoms with Gasteiger partial charge in [-0.2, -0.15) is 0 Å². The zero-order valence-corrected chi connectivity index (χ0v) is 16.4. The number of pyridine rings is 1. The first-order chi connectivity index (χ1) is 13.9. The van der Waals surface area contributed by atoms with Crippen molar-refractivity contribution in [2.45, 2.75) is 12.8 Å². The smallest absolute Gasteiger partial charge is 0.407 e. The number of carbonyl (C=O) groups excluding carboxylic acids is 1. The van der Waals surface area contributed by atoms with Gasteiger partial charge >= 0.3 is 12.1 Å². The molecule has 2 heterocycles. The third-order valence-electron chi connectivity index (χ3n) is 4.70. The summed E-state index contributed by atoms with van der Waals surface area (Å²) in [5.41, 5.74) is 1.17. The number of carbonyl (C=O) groups is 2. The number of carboxylic acid groups (broad SMARTS) is 1. The minimum absolute atomic E-state index is 0.0642. The minimum Gasteiger partial charge on any atom is -0.465 e. The molecule has 0 saturated carbocycles. The summed E-state index contributed by atoms with van der Waals surface area (Å²) in [6, 6.07) is 5.61. The number of nitrogens with zero attached hydrogens (tertiary/aromatic N) is 2. The van der Waals surface area contributed by atoms with Gasteiger partial charge in [-0.25, -0.2) is 14.0 Å². The van der Waals surface area contributed by atoms with E-state index >= 15 is 0 Å². The molecule has 8 heteroatoms. The van der Waals surface area contributed by atoms with E-state index in [2.05, 4.69) is 21.6 Å². The standard InChI is InChI=1S/C21H18ClFN2O4/c1-29-20(26)15-4-5-16(18(23)10-15)19-11-14(17(22)12-24-19)3-2-13-6-8-25(9-7-13)21(27)28/h4-5,10-13H,6-9H2,1H3,(H,27,28). The van der Waals surface area contributed by atoms with Crippen LogP contribution >= 0.6 is 11.6 Å². The van der Waals surface area contributed by atoms with Crippen LogP contribution in [0.1, 0.15) is 28.8 Å². The summed E-state index contributed by atoms with van der Waals surface area (Å²) in [5, 5.41) is 9.34. The summed E-state index contributed by atoms with van der Waals surface area (Å²) in [6.45, 7) is 0.892. The van der Waals surface area contributed by atoms with E-state index in [1.807, 2.05) is 0 Å². The highest BCUT2D eigenvalue weighted by Crippen LogP contribution is 2.26. The van der Waals surface area contributed by atoms with Crippen molar-refractivity contribution < 1.29 is 23.8 Å². The first-order valence-electron chi connectivity index (χ1n) is 8.92. The van der Waals surface area contributed by atoms with E-state index < -0.39 is 17.9 Å². The molecule has 1 N–H and O–H groups in total. The number of benzene rings is 1. The predicted octanol–water partition coefficient (Wildman–Crippen LogP) is 4.07. The Bertz CT molecular complexity index is 1010. The van der Waals surface area contributed by atoms with Gasteiger partial charge in [0.25, 0.3) is 0 Å². The largest absolute Gasteiger partial charge is 0.465 e. The van der Waals surface area contributed by atoms with Gasteiger partial charge in [0.2, 0.25) is 0 Å². The topological polar surface area (TPSA) is 79.7 Å². The Morgan fingerprint density at radius 3 is 2.66 bits per heavy atom. The molecule has 6 nitrogen and oxygen atoms in total. The van der Waals surface area contributed by atoms with E-state index in [4.69, 9.17) is 16.7 Å². The van der Waals surface area contributed by atoms with Crippen LogP contribution in [0.2, 0.25) is 5.02 Å². The van der Waals surface area contributed by atoms with E-state index in [9.17, 15) is 14.0 Å². The van der Waals surface area contributed by atoms with Crippen molar-refractivity contribution in [1.82, 2.24) is 9.88 Å². The molecule has 1 amide bonds. The molecule has 150 valence electrons. The highest BCUT2D eigenvalue weighted by Gasteiger charge is 2.21. The van der Waals surface area contributed by atoms with Crippen LogP contribution in [0.4, 0.5) is 9.18 Å². The summed E-state index contributed by atoms with van der Waals surface area (Å²) in [5.74, 6) is 4.97. The summed E-state index contributed by atoms with van der Waals surface area (Å²) in [6.07, 6.45) is 1.79. The first-order valence-corrected chi connectivity index (χ1v) is 9.30. The molecule has 29 heavy (non-hydrogen) atoms. The van der Waals surface area contributed by atoms with Gasteiger partial charge in [0.1, 0.15) is 5.82 Å². The van der Waals surface area contributed by atoms with Crippen LogP contribution in [0.25, 0.3) is 11.3 Å². The number of hydrogen-bond acceptors (Lipinski definition) is 4. The van der Waals surface area contributed by atoms with Gasteiger partial charge in [0.15, 0.2) is 0 Å². The van der Waals surface area contributed by atoms with Gasteiger partial charge in [-0.05, 0) is 37.1 Å². The van der Waals surface area contributed by atoms with Gasteiger partial charge in [-0.3, -0.25) is 4.98 Å². The first kappa shape index (κ1) is 20.6. The Morgan fingerprint density at radius 1 is 1.31 bits per heavy atom. The number of hydrogen-bond donors (Lipinski definition) is 1. The monoisotopic (exact) mass is 416 g/mol. The highest BCUT2D eigenvalue weighted by molar-refractivity contribution is 6.31. The van der Waals surface area contributed by atoms with Crippen molar-refractivity contribution in [3.05, 3.63) is 52.4 Å². The fraction of sp³-hybridized carbons (Fsp3) is 0.286. The van der Waals surface area contributed by atoms with Crippen LogP contribution in [0.5, 0.6) is 0 Å². The summed E-state index contributed by atoms with van der Waals surface area (Å²) < 4.78 is 19.1. The number of aromatic nitrogens is 1.